The van der Waals surface area contributed by atoms with Gasteiger partial charge in [0.05, 0.1) is 0 Å². The fourth-order valence-corrected chi connectivity index (χ4v) is 4.11. The van der Waals surface area contributed by atoms with Crippen molar-refractivity contribution in [2.45, 2.75) is 25.4 Å². The van der Waals surface area contributed by atoms with Gasteiger partial charge in [-0.3, -0.25) is 9.88 Å². The molecular formula is C22H23N3O2. The van der Waals surface area contributed by atoms with Crippen LogP contribution in [-0.4, -0.2) is 35.8 Å². The molecule has 5 nitrogen and oxygen atoms in total. The summed E-state index contributed by atoms with van der Waals surface area (Å²) in [6.07, 6.45) is 6.21. The third kappa shape index (κ3) is 3.43. The van der Waals surface area contributed by atoms with E-state index < -0.39 is 0 Å². The number of piperidine rings is 1. The second kappa shape index (κ2) is 7.08. The van der Waals surface area contributed by atoms with Crippen molar-refractivity contribution < 1.29 is 9.47 Å². The van der Waals surface area contributed by atoms with Crippen LogP contribution in [0.25, 0.3) is 10.8 Å². The maximum Gasteiger partial charge on any atom is 0.231 e. The van der Waals surface area contributed by atoms with Crippen LogP contribution >= 0.6 is 0 Å². The number of ether oxygens (including phenoxy) is 2. The minimum absolute atomic E-state index is 0.316. The molecule has 1 aromatic heterocycles. The van der Waals surface area contributed by atoms with Crippen LogP contribution in [-0.2, 0) is 6.54 Å². The first-order valence-electron chi connectivity index (χ1n) is 9.55. The summed E-state index contributed by atoms with van der Waals surface area (Å²) in [5.41, 5.74) is 2.47. The highest BCUT2D eigenvalue weighted by molar-refractivity contribution is 5.84. The van der Waals surface area contributed by atoms with Crippen molar-refractivity contribution in [3.8, 4) is 11.5 Å². The van der Waals surface area contributed by atoms with E-state index in [1.165, 1.54) is 29.2 Å². The van der Waals surface area contributed by atoms with Crippen molar-refractivity contribution in [1.29, 1.82) is 0 Å². The molecule has 0 aliphatic carbocycles. The van der Waals surface area contributed by atoms with Crippen molar-refractivity contribution >= 4 is 16.5 Å². The Bertz CT molecular complexity index is 954. The fraction of sp³-hybridized carbons (Fsp3) is 0.318. The van der Waals surface area contributed by atoms with E-state index in [4.69, 9.17) is 9.47 Å². The maximum atomic E-state index is 5.49. The molecule has 2 aromatic carbocycles. The number of benzene rings is 2. The number of fused-ring (bicyclic) bond motifs is 2. The molecule has 1 N–H and O–H groups in total. The zero-order valence-corrected chi connectivity index (χ0v) is 15.2. The molecule has 1 atom stereocenters. The Labute approximate surface area is 158 Å². The van der Waals surface area contributed by atoms with Gasteiger partial charge in [0.2, 0.25) is 6.79 Å². The van der Waals surface area contributed by atoms with E-state index in [0.29, 0.717) is 12.8 Å². The molecule has 2 aliphatic rings. The number of likely N-dealkylation sites (tertiary alicyclic amines) is 1. The van der Waals surface area contributed by atoms with Crippen molar-refractivity contribution in [3.63, 3.8) is 0 Å². The monoisotopic (exact) mass is 361 g/mol. The van der Waals surface area contributed by atoms with Crippen LogP contribution in [0, 0.1) is 0 Å². The summed E-state index contributed by atoms with van der Waals surface area (Å²) in [4.78, 5) is 6.79. The van der Waals surface area contributed by atoms with Crippen molar-refractivity contribution in [3.05, 3.63) is 60.4 Å². The summed E-state index contributed by atoms with van der Waals surface area (Å²) in [6, 6.07) is 15.2. The fourth-order valence-electron chi connectivity index (χ4n) is 4.11. The molecule has 1 unspecified atom stereocenters. The van der Waals surface area contributed by atoms with Gasteiger partial charge in [-0.2, -0.15) is 0 Å². The molecule has 1 saturated heterocycles. The number of nitrogens with one attached hydrogen (secondary N) is 1. The second-order valence-electron chi connectivity index (χ2n) is 7.30. The van der Waals surface area contributed by atoms with E-state index in [1.54, 1.807) is 0 Å². The highest BCUT2D eigenvalue weighted by atomic mass is 16.7. The number of nitrogens with zero attached hydrogens (tertiary/aromatic N) is 2. The zero-order valence-electron chi connectivity index (χ0n) is 15.2. The highest BCUT2D eigenvalue weighted by Gasteiger charge is 2.21. The quantitative estimate of drug-likeness (QED) is 0.760. The molecule has 138 valence electrons. The molecule has 5 heteroatoms. The van der Waals surface area contributed by atoms with Crippen molar-refractivity contribution in [1.82, 2.24) is 9.88 Å². The first-order valence-corrected chi connectivity index (χ1v) is 9.55. The van der Waals surface area contributed by atoms with E-state index in [-0.39, 0.29) is 0 Å². The smallest absolute Gasteiger partial charge is 0.231 e. The molecule has 3 heterocycles. The van der Waals surface area contributed by atoms with E-state index in [9.17, 15) is 0 Å². The first-order chi connectivity index (χ1) is 13.3. The Balaban J connectivity index is 1.28. The van der Waals surface area contributed by atoms with Gasteiger partial charge in [-0.05, 0) is 48.5 Å². The molecule has 1 fully saturated rings. The van der Waals surface area contributed by atoms with Crippen molar-refractivity contribution in [2.24, 2.45) is 0 Å². The van der Waals surface area contributed by atoms with Gasteiger partial charge in [-0.25, -0.2) is 0 Å². The van der Waals surface area contributed by atoms with Gasteiger partial charge in [0.25, 0.3) is 0 Å². The number of hydrogen-bond donors (Lipinski definition) is 1. The Kier molecular flexibility index (Phi) is 4.30. The van der Waals surface area contributed by atoms with Gasteiger partial charge >= 0.3 is 0 Å². The lowest BCUT2D eigenvalue weighted by atomic mass is 10.0. The van der Waals surface area contributed by atoms with Gasteiger partial charge in [-0.1, -0.05) is 18.2 Å². The molecule has 5 rings (SSSR count). The lowest BCUT2D eigenvalue weighted by Gasteiger charge is -2.34. The van der Waals surface area contributed by atoms with Crippen LogP contribution < -0.4 is 14.8 Å². The average Bonchev–Trinajstić information content (AvgIpc) is 3.16. The average molecular weight is 361 g/mol. The van der Waals surface area contributed by atoms with Crippen LogP contribution in [0.4, 0.5) is 5.69 Å². The summed E-state index contributed by atoms with van der Waals surface area (Å²) >= 11 is 0. The van der Waals surface area contributed by atoms with Gasteiger partial charge in [-0.15, -0.1) is 0 Å². The number of rotatable bonds is 4. The summed E-state index contributed by atoms with van der Waals surface area (Å²) in [5, 5.41) is 6.19. The van der Waals surface area contributed by atoms with Gasteiger partial charge < -0.3 is 14.8 Å². The lowest BCUT2D eigenvalue weighted by Crippen LogP contribution is -2.41. The Morgan fingerprint density at radius 1 is 1.11 bits per heavy atom. The first kappa shape index (κ1) is 16.4. The number of anilines is 1. The van der Waals surface area contributed by atoms with Crippen LogP contribution in [0.2, 0.25) is 0 Å². The molecule has 0 saturated carbocycles. The second-order valence-corrected chi connectivity index (χ2v) is 7.30. The predicted molar refractivity (Wildman–Crippen MR) is 106 cm³/mol. The topological polar surface area (TPSA) is 46.6 Å². The predicted octanol–water partition coefficient (Wildman–Crippen LogP) is 4.04. The van der Waals surface area contributed by atoms with E-state index in [1.807, 2.05) is 24.5 Å². The van der Waals surface area contributed by atoms with Crippen LogP contribution in [0.3, 0.4) is 0 Å². The van der Waals surface area contributed by atoms with Crippen LogP contribution in [0.15, 0.2) is 54.9 Å². The Morgan fingerprint density at radius 2 is 2.07 bits per heavy atom. The van der Waals surface area contributed by atoms with E-state index >= 15 is 0 Å². The Morgan fingerprint density at radius 3 is 3.07 bits per heavy atom. The van der Waals surface area contributed by atoms with E-state index in [2.05, 4.69) is 45.5 Å². The van der Waals surface area contributed by atoms with E-state index in [0.717, 1.165) is 36.8 Å². The molecule has 27 heavy (non-hydrogen) atoms. The number of hydrogen-bond acceptors (Lipinski definition) is 5. The molecule has 2 aliphatic heterocycles. The van der Waals surface area contributed by atoms with Crippen LogP contribution in [0.5, 0.6) is 11.5 Å². The molecule has 0 bridgehead atoms. The SMILES string of the molecule is c1cc(CN2CCCC(Nc3ccc4c(c3)OCO4)C2)c2ccncc2c1. The van der Waals surface area contributed by atoms with Gasteiger partial charge in [0.15, 0.2) is 11.5 Å². The Hall–Kier alpha value is -2.79. The molecule has 0 radical (unpaired) electrons. The molecular weight excluding hydrogens is 338 g/mol. The van der Waals surface area contributed by atoms with Gasteiger partial charge in [0, 0.05) is 48.7 Å². The summed E-state index contributed by atoms with van der Waals surface area (Å²) in [6.45, 7) is 3.47. The highest BCUT2D eigenvalue weighted by Crippen LogP contribution is 2.34. The normalized spacial score (nSPS) is 19.3. The zero-order chi connectivity index (χ0) is 18.1. The standard InChI is InChI=1S/C22H23N3O2/c1-3-16-12-23-9-8-20(16)17(4-1)13-25-10-2-5-19(14-25)24-18-6-7-21-22(11-18)27-15-26-21/h1,3-4,6-9,11-12,19,24H,2,5,10,13-15H2. The summed E-state index contributed by atoms with van der Waals surface area (Å²) < 4.78 is 10.9. The van der Waals surface area contributed by atoms with Gasteiger partial charge in [0.1, 0.15) is 0 Å². The third-order valence-corrected chi connectivity index (χ3v) is 5.41. The third-order valence-electron chi connectivity index (χ3n) is 5.41. The minimum Gasteiger partial charge on any atom is -0.454 e. The molecule has 0 amide bonds. The largest absolute Gasteiger partial charge is 0.454 e. The number of aromatic nitrogens is 1. The summed E-state index contributed by atoms with van der Waals surface area (Å²) in [5.74, 6) is 1.66. The van der Waals surface area contributed by atoms with Crippen molar-refractivity contribution in [2.75, 3.05) is 25.2 Å². The minimum atomic E-state index is 0.316. The molecule has 0 spiro atoms. The number of pyridine rings is 1. The maximum absolute atomic E-state index is 5.49. The van der Waals surface area contributed by atoms with Crippen LogP contribution in [0.1, 0.15) is 18.4 Å². The summed E-state index contributed by atoms with van der Waals surface area (Å²) in [7, 11) is 0. The molecule has 3 aromatic rings. The lowest BCUT2D eigenvalue weighted by molar-refractivity contribution is 0.174.